The number of nitrogens with zero attached hydrogens (tertiary/aromatic N) is 4. The molecule has 2 heterocycles. The minimum Gasteiger partial charge on any atom is -0.241 e. The molecule has 2 aromatic heterocycles. The highest BCUT2D eigenvalue weighted by Gasteiger charge is 2.10. The monoisotopic (exact) mass is 422 g/mol. The highest BCUT2D eigenvalue weighted by atomic mass is 14.9. The predicted octanol–water partition coefficient (Wildman–Crippen LogP) is 3.29. The molecule has 0 atom stereocenters. The lowest BCUT2D eigenvalue weighted by Gasteiger charge is -2.02. The molecule has 0 aliphatic heterocycles. The summed E-state index contributed by atoms with van der Waals surface area (Å²) >= 11 is 0. The first kappa shape index (κ1) is 21.3. The third kappa shape index (κ3) is 5.22. The number of benzene rings is 2. The molecular formula is C28H30N4+4. The molecule has 4 rings (SSSR count). The van der Waals surface area contributed by atoms with Gasteiger partial charge in [-0.2, -0.15) is 9.13 Å². The zero-order valence-corrected chi connectivity index (χ0v) is 19.2. The van der Waals surface area contributed by atoms with Gasteiger partial charge in [0.15, 0.2) is 37.2 Å². The fourth-order valence-electron chi connectivity index (χ4n) is 3.64. The van der Waals surface area contributed by atoms with Crippen LogP contribution in [0.15, 0.2) is 97.6 Å². The average molecular weight is 423 g/mol. The molecule has 4 aromatic rings. The summed E-state index contributed by atoms with van der Waals surface area (Å²) in [6.45, 7) is 0. The molecule has 0 amide bonds. The van der Waals surface area contributed by atoms with E-state index in [1.54, 1.807) is 0 Å². The largest absolute Gasteiger partial charge is 0.241 e. The van der Waals surface area contributed by atoms with Crippen LogP contribution in [0, 0.1) is 0 Å². The Bertz CT molecular complexity index is 1140. The average Bonchev–Trinajstić information content (AvgIpc) is 2.80. The van der Waals surface area contributed by atoms with Gasteiger partial charge < -0.3 is 0 Å². The van der Waals surface area contributed by atoms with Gasteiger partial charge in [-0.25, -0.2) is 9.15 Å². The van der Waals surface area contributed by atoms with Crippen molar-refractivity contribution in [2.24, 2.45) is 0 Å². The van der Waals surface area contributed by atoms with Crippen LogP contribution in [0.5, 0.6) is 0 Å². The summed E-state index contributed by atoms with van der Waals surface area (Å²) < 4.78 is 8.38. The first-order valence-electron chi connectivity index (χ1n) is 10.7. The van der Waals surface area contributed by atoms with Crippen molar-refractivity contribution < 1.29 is 18.3 Å². The third-order valence-corrected chi connectivity index (χ3v) is 5.19. The second-order valence-electron chi connectivity index (χ2n) is 8.36. The zero-order valence-electron chi connectivity index (χ0n) is 19.2. The second kappa shape index (κ2) is 9.48. The van der Waals surface area contributed by atoms with E-state index in [1.807, 2.05) is 28.2 Å². The molecule has 4 heteroatoms. The quantitative estimate of drug-likeness (QED) is 0.346. The van der Waals surface area contributed by atoms with Crippen LogP contribution in [0.4, 0.5) is 0 Å². The molecule has 0 saturated heterocycles. The van der Waals surface area contributed by atoms with Crippen LogP contribution in [0.1, 0.15) is 11.1 Å². The van der Waals surface area contributed by atoms with E-state index in [0.717, 1.165) is 11.4 Å². The summed E-state index contributed by atoms with van der Waals surface area (Å²) in [6.07, 6.45) is 12.7. The van der Waals surface area contributed by atoms with Crippen molar-refractivity contribution in [2.45, 2.75) is 0 Å². The van der Waals surface area contributed by atoms with E-state index in [4.69, 9.17) is 0 Å². The fraction of sp³-hybridized carbons (Fsp3) is 0.143. The molecule has 0 bridgehead atoms. The van der Waals surface area contributed by atoms with Crippen molar-refractivity contribution in [2.75, 3.05) is 28.2 Å². The van der Waals surface area contributed by atoms with Crippen LogP contribution in [-0.2, 0) is 0 Å². The highest BCUT2D eigenvalue weighted by Crippen LogP contribution is 2.17. The first-order chi connectivity index (χ1) is 15.5. The van der Waals surface area contributed by atoms with Gasteiger partial charge >= 0.3 is 0 Å². The van der Waals surface area contributed by atoms with Crippen molar-refractivity contribution >= 4 is 12.4 Å². The standard InChI is InChI=1S/C28H30N4/c1-29(2)21-23-5-9-27(10-6-23)31-17-13-25(14-18-31)26-15-19-32(20-16-26)28-11-7-24(8-12-28)22-30(3)4/h5-22H,1-4H3/q+4. The Morgan fingerprint density at radius 3 is 1.06 bits per heavy atom. The zero-order chi connectivity index (χ0) is 22.5. The van der Waals surface area contributed by atoms with E-state index in [1.165, 1.54) is 22.3 Å². The lowest BCUT2D eigenvalue weighted by molar-refractivity contribution is -0.596. The maximum Gasteiger partial charge on any atom is 0.210 e. The van der Waals surface area contributed by atoms with Crippen molar-refractivity contribution in [3.63, 3.8) is 0 Å². The molecular weight excluding hydrogens is 392 g/mol. The molecule has 0 unspecified atom stereocenters. The van der Waals surface area contributed by atoms with Gasteiger partial charge in [-0.05, 0) is 35.4 Å². The van der Waals surface area contributed by atoms with E-state index in [2.05, 4.69) is 128 Å². The predicted molar refractivity (Wildman–Crippen MR) is 129 cm³/mol. The van der Waals surface area contributed by atoms with Crippen LogP contribution in [-0.4, -0.2) is 49.8 Å². The topological polar surface area (TPSA) is 13.8 Å². The van der Waals surface area contributed by atoms with Crippen LogP contribution >= 0.6 is 0 Å². The van der Waals surface area contributed by atoms with E-state index in [0.29, 0.717) is 0 Å². The maximum absolute atomic E-state index is 2.16. The lowest BCUT2D eigenvalue weighted by atomic mass is 10.1. The SMILES string of the molecule is C[N+](C)=Cc1ccc(-[n+]2ccc(-c3cc[n+](-c4ccc(C=[N+](C)C)cc4)cc3)cc2)cc1. The Hall–Kier alpha value is -3.92. The van der Waals surface area contributed by atoms with Crippen molar-refractivity contribution in [1.29, 1.82) is 0 Å². The summed E-state index contributed by atoms with van der Waals surface area (Å²) in [5.41, 5.74) is 7.07. The Labute approximate surface area is 190 Å². The summed E-state index contributed by atoms with van der Waals surface area (Å²) in [7, 11) is 8.14. The van der Waals surface area contributed by atoms with Crippen molar-refractivity contribution in [3.8, 4) is 22.5 Å². The molecule has 0 spiro atoms. The van der Waals surface area contributed by atoms with Crippen LogP contribution in [0.25, 0.3) is 22.5 Å². The molecule has 32 heavy (non-hydrogen) atoms. The number of rotatable bonds is 5. The van der Waals surface area contributed by atoms with Gasteiger partial charge in [0.25, 0.3) is 0 Å². The van der Waals surface area contributed by atoms with E-state index >= 15 is 0 Å². The van der Waals surface area contributed by atoms with Gasteiger partial charge in [0.2, 0.25) is 11.4 Å². The Kier molecular flexibility index (Phi) is 6.31. The van der Waals surface area contributed by atoms with Crippen LogP contribution < -0.4 is 9.13 Å². The summed E-state index contributed by atoms with van der Waals surface area (Å²) in [4.78, 5) is 0. The molecule has 0 N–H and O–H groups in total. The molecule has 0 fully saturated rings. The third-order valence-electron chi connectivity index (χ3n) is 5.19. The van der Waals surface area contributed by atoms with Gasteiger partial charge in [0.1, 0.15) is 28.2 Å². The molecule has 4 nitrogen and oxygen atoms in total. The molecule has 0 aliphatic rings. The van der Waals surface area contributed by atoms with Crippen LogP contribution in [0.2, 0.25) is 0 Å². The number of hydrogen-bond acceptors (Lipinski definition) is 0. The van der Waals surface area contributed by atoms with E-state index in [9.17, 15) is 0 Å². The van der Waals surface area contributed by atoms with Crippen molar-refractivity contribution in [3.05, 3.63) is 109 Å². The Balaban J connectivity index is 1.50. The number of hydrogen-bond donors (Lipinski definition) is 0. The smallest absolute Gasteiger partial charge is 0.210 e. The van der Waals surface area contributed by atoms with Gasteiger partial charge in [0, 0.05) is 59.7 Å². The van der Waals surface area contributed by atoms with E-state index < -0.39 is 0 Å². The Morgan fingerprint density at radius 2 is 0.781 bits per heavy atom. The second-order valence-corrected chi connectivity index (χ2v) is 8.36. The lowest BCUT2D eigenvalue weighted by Crippen LogP contribution is -2.29. The van der Waals surface area contributed by atoms with Gasteiger partial charge in [0.05, 0.1) is 0 Å². The first-order valence-corrected chi connectivity index (χ1v) is 10.7. The highest BCUT2D eigenvalue weighted by molar-refractivity contribution is 5.76. The number of pyridine rings is 2. The van der Waals surface area contributed by atoms with Gasteiger partial charge in [-0.3, -0.25) is 0 Å². The summed E-state index contributed by atoms with van der Waals surface area (Å²) in [6, 6.07) is 25.7. The Morgan fingerprint density at radius 1 is 0.469 bits per heavy atom. The molecule has 0 aliphatic carbocycles. The molecule has 0 radical (unpaired) electrons. The van der Waals surface area contributed by atoms with E-state index in [-0.39, 0.29) is 0 Å². The minimum atomic E-state index is 1.15. The van der Waals surface area contributed by atoms with Crippen molar-refractivity contribution in [1.82, 2.24) is 0 Å². The van der Waals surface area contributed by atoms with Gasteiger partial charge in [-0.1, -0.05) is 0 Å². The van der Waals surface area contributed by atoms with Gasteiger partial charge in [-0.15, -0.1) is 0 Å². The summed E-state index contributed by atoms with van der Waals surface area (Å²) in [5, 5.41) is 0. The molecule has 158 valence electrons. The molecule has 0 saturated carbocycles. The molecule has 2 aromatic carbocycles. The number of aromatic nitrogens is 2. The summed E-state index contributed by atoms with van der Waals surface area (Å²) in [5.74, 6) is 0. The fourth-order valence-corrected chi connectivity index (χ4v) is 3.64. The van der Waals surface area contributed by atoms with Crippen LogP contribution in [0.3, 0.4) is 0 Å². The minimum absolute atomic E-state index is 1.15. The normalized spacial score (nSPS) is 10.5. The maximum atomic E-state index is 2.16.